The zero-order valence-electron chi connectivity index (χ0n) is 19.7. The highest BCUT2D eigenvalue weighted by atomic mass is 32.2. The van der Waals surface area contributed by atoms with Crippen LogP contribution in [0.1, 0.15) is 23.1 Å². The number of cyclic esters (lactones) is 1. The highest BCUT2D eigenvalue weighted by Gasteiger charge is 2.46. The van der Waals surface area contributed by atoms with Gasteiger partial charge in [-0.05, 0) is 23.1 Å². The van der Waals surface area contributed by atoms with E-state index in [1.165, 1.54) is 0 Å². The van der Waals surface area contributed by atoms with E-state index >= 15 is 0 Å². The van der Waals surface area contributed by atoms with Crippen LogP contribution in [0.5, 0.6) is 0 Å². The average Bonchev–Trinajstić information content (AvgIpc) is 3.33. The molecule has 0 saturated carbocycles. The van der Waals surface area contributed by atoms with Crippen molar-refractivity contribution in [1.82, 2.24) is 4.90 Å². The molecule has 2 heterocycles. The third kappa shape index (κ3) is 4.74. The van der Waals surface area contributed by atoms with E-state index in [2.05, 4.69) is 43.0 Å². The Morgan fingerprint density at radius 2 is 1.36 bits per heavy atom. The van der Waals surface area contributed by atoms with Crippen molar-refractivity contribution in [3.8, 4) is 0 Å². The number of esters is 1. The van der Waals surface area contributed by atoms with Gasteiger partial charge in [0.2, 0.25) is 0 Å². The number of hydrogen-bond acceptors (Lipinski definition) is 7. The lowest BCUT2D eigenvalue weighted by atomic mass is 9.84. The van der Waals surface area contributed by atoms with Crippen LogP contribution in [0.3, 0.4) is 0 Å². The summed E-state index contributed by atoms with van der Waals surface area (Å²) in [6.07, 6.45) is 0.508. The maximum atomic E-state index is 12.9. The Kier molecular flexibility index (Phi) is 7.03. The molecule has 0 spiro atoms. The SMILES string of the molecule is C=C1COC(=O)C2CC(SC(c3ccccc3)(c3ccccc3)c3ccccc3)CN2COS1(=O)=O. The summed E-state index contributed by atoms with van der Waals surface area (Å²) in [6.45, 7) is 3.35. The molecule has 2 aliphatic heterocycles. The molecule has 5 rings (SSSR count). The van der Waals surface area contributed by atoms with E-state index in [0.717, 1.165) is 16.7 Å². The fourth-order valence-corrected chi connectivity index (χ4v) is 7.35. The number of thioether (sulfide) groups is 1. The Labute approximate surface area is 216 Å². The molecular weight excluding hydrogens is 494 g/mol. The molecule has 0 N–H and O–H groups in total. The van der Waals surface area contributed by atoms with Crippen LogP contribution >= 0.6 is 11.8 Å². The van der Waals surface area contributed by atoms with Gasteiger partial charge in [0, 0.05) is 11.8 Å². The number of rotatable bonds is 5. The van der Waals surface area contributed by atoms with Gasteiger partial charge >= 0.3 is 5.97 Å². The third-order valence-electron chi connectivity index (χ3n) is 6.62. The van der Waals surface area contributed by atoms with Crippen molar-refractivity contribution in [3.05, 3.63) is 119 Å². The van der Waals surface area contributed by atoms with Crippen molar-refractivity contribution in [2.24, 2.45) is 0 Å². The molecule has 0 aliphatic carbocycles. The van der Waals surface area contributed by atoms with Crippen molar-refractivity contribution < 1.29 is 22.1 Å². The maximum Gasteiger partial charge on any atom is 0.323 e. The first-order chi connectivity index (χ1) is 17.4. The van der Waals surface area contributed by atoms with Crippen molar-refractivity contribution >= 4 is 27.8 Å². The summed E-state index contributed by atoms with van der Waals surface area (Å²) in [4.78, 5) is 14.4. The summed E-state index contributed by atoms with van der Waals surface area (Å²) in [5.74, 6) is -0.454. The maximum absolute atomic E-state index is 12.9. The summed E-state index contributed by atoms with van der Waals surface area (Å²) >= 11 is 1.77. The second-order valence-corrected chi connectivity index (χ2v) is 12.1. The van der Waals surface area contributed by atoms with Crippen LogP contribution in [0.2, 0.25) is 0 Å². The third-order valence-corrected chi connectivity index (χ3v) is 9.60. The number of fused-ring (bicyclic) bond motifs is 1. The van der Waals surface area contributed by atoms with Gasteiger partial charge in [0.25, 0.3) is 10.1 Å². The molecule has 3 aromatic carbocycles. The number of nitrogens with zero attached hydrogens (tertiary/aromatic N) is 1. The van der Waals surface area contributed by atoms with Gasteiger partial charge in [-0.1, -0.05) is 97.6 Å². The molecule has 8 heteroatoms. The van der Waals surface area contributed by atoms with Gasteiger partial charge in [0.05, 0.1) is 4.75 Å². The van der Waals surface area contributed by atoms with E-state index in [4.69, 9.17) is 8.92 Å². The van der Waals surface area contributed by atoms with E-state index in [-0.39, 0.29) is 16.9 Å². The minimum Gasteiger partial charge on any atom is -0.459 e. The Hall–Kier alpha value is -2.91. The highest BCUT2D eigenvalue weighted by molar-refractivity contribution is 8.01. The van der Waals surface area contributed by atoms with Crippen molar-refractivity contribution in [2.75, 3.05) is 19.9 Å². The lowest BCUT2D eigenvalue weighted by molar-refractivity contribution is -0.148. The van der Waals surface area contributed by atoms with E-state index < -0.39 is 33.5 Å². The molecule has 0 bridgehead atoms. The molecule has 2 atom stereocenters. The molecule has 36 heavy (non-hydrogen) atoms. The predicted molar refractivity (Wildman–Crippen MR) is 141 cm³/mol. The van der Waals surface area contributed by atoms with Gasteiger partial charge in [0.15, 0.2) is 0 Å². The van der Waals surface area contributed by atoms with Crippen LogP contribution in [0, 0.1) is 0 Å². The van der Waals surface area contributed by atoms with Crippen LogP contribution < -0.4 is 0 Å². The van der Waals surface area contributed by atoms with Gasteiger partial charge in [0.1, 0.15) is 24.3 Å². The van der Waals surface area contributed by atoms with Crippen LogP contribution in [-0.2, 0) is 28.6 Å². The number of benzene rings is 3. The summed E-state index contributed by atoms with van der Waals surface area (Å²) in [5.41, 5.74) is 3.38. The van der Waals surface area contributed by atoms with Gasteiger partial charge in [-0.2, -0.15) is 8.42 Å². The predicted octanol–water partition coefficient (Wildman–Crippen LogP) is 4.53. The van der Waals surface area contributed by atoms with Gasteiger partial charge < -0.3 is 4.74 Å². The zero-order chi connectivity index (χ0) is 25.2. The quantitative estimate of drug-likeness (QED) is 0.278. The molecule has 2 fully saturated rings. The van der Waals surface area contributed by atoms with E-state index in [1.807, 2.05) is 54.6 Å². The molecule has 2 aliphatic rings. The normalized spacial score (nSPS) is 22.7. The van der Waals surface area contributed by atoms with Crippen LogP contribution in [0.4, 0.5) is 0 Å². The molecule has 6 nitrogen and oxygen atoms in total. The second-order valence-electron chi connectivity index (χ2n) is 8.89. The first-order valence-corrected chi connectivity index (χ1v) is 14.0. The lowest BCUT2D eigenvalue weighted by Gasteiger charge is -2.37. The van der Waals surface area contributed by atoms with Gasteiger partial charge in [-0.3, -0.25) is 13.9 Å². The molecule has 0 radical (unpaired) electrons. The highest BCUT2D eigenvalue weighted by Crippen LogP contribution is 2.52. The number of carbonyl (C=O) groups excluding carboxylic acids is 1. The van der Waals surface area contributed by atoms with E-state index in [1.54, 1.807) is 16.7 Å². The molecular formula is C28H27NO5S2. The zero-order valence-corrected chi connectivity index (χ0v) is 21.3. The second kappa shape index (κ2) is 10.2. The monoisotopic (exact) mass is 521 g/mol. The van der Waals surface area contributed by atoms with Gasteiger partial charge in [-0.15, -0.1) is 11.8 Å². The lowest BCUT2D eigenvalue weighted by Crippen LogP contribution is -2.38. The molecule has 2 unspecified atom stereocenters. The summed E-state index contributed by atoms with van der Waals surface area (Å²) in [7, 11) is -4.01. The Morgan fingerprint density at radius 1 is 0.861 bits per heavy atom. The number of ether oxygens (including phenoxy) is 1. The van der Waals surface area contributed by atoms with Crippen LogP contribution in [0.25, 0.3) is 0 Å². The molecule has 0 amide bonds. The standard InChI is InChI=1S/C28H27NO5S2/c1-21-19-33-27(30)26-17-25(18-29(26)20-34-36(21,31)32)35-28(22-11-5-2-6-12-22,23-13-7-3-8-14-23)24-15-9-4-10-16-24/h2-16,25-26H,1,17-20H2. The topological polar surface area (TPSA) is 72.9 Å². The molecule has 186 valence electrons. The molecule has 0 aromatic heterocycles. The number of hydrogen-bond donors (Lipinski definition) is 0. The Bertz CT molecular complexity index is 1230. The average molecular weight is 522 g/mol. The Balaban J connectivity index is 1.55. The van der Waals surface area contributed by atoms with Crippen molar-refractivity contribution in [1.29, 1.82) is 0 Å². The fraction of sp³-hybridized carbons (Fsp3) is 0.250. The first-order valence-electron chi connectivity index (χ1n) is 11.7. The largest absolute Gasteiger partial charge is 0.459 e. The van der Waals surface area contributed by atoms with Crippen molar-refractivity contribution in [2.45, 2.75) is 22.5 Å². The minimum absolute atomic E-state index is 0.00268. The molecule has 2 saturated heterocycles. The van der Waals surface area contributed by atoms with E-state index in [9.17, 15) is 13.2 Å². The van der Waals surface area contributed by atoms with Crippen LogP contribution in [-0.4, -0.2) is 50.5 Å². The smallest absolute Gasteiger partial charge is 0.323 e. The molecule has 3 aromatic rings. The minimum atomic E-state index is -4.01. The van der Waals surface area contributed by atoms with E-state index in [0.29, 0.717) is 13.0 Å². The van der Waals surface area contributed by atoms with Crippen molar-refractivity contribution in [3.63, 3.8) is 0 Å². The Morgan fingerprint density at radius 3 is 1.86 bits per heavy atom. The van der Waals surface area contributed by atoms with Gasteiger partial charge in [-0.25, -0.2) is 0 Å². The fourth-order valence-electron chi connectivity index (χ4n) is 4.85. The summed E-state index contributed by atoms with van der Waals surface area (Å²) < 4.78 is 34.6. The first kappa shape index (κ1) is 24.8. The summed E-state index contributed by atoms with van der Waals surface area (Å²) in [6, 6.07) is 30.4. The summed E-state index contributed by atoms with van der Waals surface area (Å²) in [5, 5.41) is -0.00268. The number of carbonyl (C=O) groups is 1. The van der Waals surface area contributed by atoms with Crippen LogP contribution in [0.15, 0.2) is 102 Å².